The number of amides is 1. The Hall–Kier alpha value is -1.40. The molecule has 1 aliphatic rings. The van der Waals surface area contributed by atoms with Gasteiger partial charge in [0.2, 0.25) is 5.91 Å². The molecule has 0 radical (unpaired) electrons. The van der Waals surface area contributed by atoms with Crippen LogP contribution in [0, 0.1) is 12.8 Å². The van der Waals surface area contributed by atoms with Crippen LogP contribution in [0.2, 0.25) is 0 Å². The third-order valence-electron chi connectivity index (χ3n) is 3.79. The molecule has 21 heavy (non-hydrogen) atoms. The second-order valence-corrected chi connectivity index (χ2v) is 6.29. The highest BCUT2D eigenvalue weighted by molar-refractivity contribution is 7.12. The molecular weight excluding hydrogens is 288 g/mol. The summed E-state index contributed by atoms with van der Waals surface area (Å²) in [6.45, 7) is 3.96. The van der Waals surface area contributed by atoms with E-state index in [4.69, 9.17) is 4.74 Å². The smallest absolute Gasteiger partial charge is 0.350 e. The Labute approximate surface area is 129 Å². The molecule has 1 aromatic rings. The largest absolute Gasteiger partial charge is 0.465 e. The van der Waals surface area contributed by atoms with Gasteiger partial charge in [-0.05, 0) is 56.1 Å². The fourth-order valence-corrected chi connectivity index (χ4v) is 3.47. The Morgan fingerprint density at radius 1 is 1.52 bits per heavy atom. The molecule has 2 rings (SSSR count). The molecule has 1 amide bonds. The average molecular weight is 310 g/mol. The molecule has 0 saturated carbocycles. The Morgan fingerprint density at radius 3 is 3.00 bits per heavy atom. The van der Waals surface area contributed by atoms with Crippen LogP contribution in [0.5, 0.6) is 0 Å². The first-order chi connectivity index (χ1) is 10.1. The highest BCUT2D eigenvalue weighted by atomic mass is 32.1. The van der Waals surface area contributed by atoms with Crippen molar-refractivity contribution < 1.29 is 14.3 Å². The van der Waals surface area contributed by atoms with Gasteiger partial charge in [-0.1, -0.05) is 0 Å². The minimum atomic E-state index is -0.403. The number of esters is 1. The molecule has 1 aliphatic heterocycles. The molecule has 0 spiro atoms. The van der Waals surface area contributed by atoms with Gasteiger partial charge in [-0.25, -0.2) is 4.79 Å². The lowest BCUT2D eigenvalue weighted by Crippen LogP contribution is -2.30. The van der Waals surface area contributed by atoms with Crippen molar-refractivity contribution >= 4 is 28.9 Å². The number of piperidine rings is 1. The van der Waals surface area contributed by atoms with E-state index in [-0.39, 0.29) is 5.91 Å². The third kappa shape index (κ3) is 4.28. The van der Waals surface area contributed by atoms with Crippen molar-refractivity contribution in [3.05, 3.63) is 15.8 Å². The molecule has 0 aromatic carbocycles. The maximum Gasteiger partial charge on any atom is 0.350 e. The van der Waals surface area contributed by atoms with Crippen molar-refractivity contribution in [2.45, 2.75) is 32.6 Å². The number of ether oxygens (including phenoxy) is 1. The zero-order valence-corrected chi connectivity index (χ0v) is 13.3. The molecule has 116 valence electrons. The number of aryl methyl sites for hydroxylation is 1. The normalized spacial score (nSPS) is 18.3. The molecular formula is C15H22N2O3S. The second-order valence-electron chi connectivity index (χ2n) is 5.41. The van der Waals surface area contributed by atoms with E-state index in [9.17, 15) is 9.59 Å². The fraction of sp³-hybridized carbons (Fsp3) is 0.600. The maximum absolute atomic E-state index is 12.1. The lowest BCUT2D eigenvalue weighted by Gasteiger charge is -2.22. The van der Waals surface area contributed by atoms with Gasteiger partial charge in [0, 0.05) is 6.42 Å². The number of hydrogen-bond acceptors (Lipinski definition) is 5. The summed E-state index contributed by atoms with van der Waals surface area (Å²) in [6, 6.07) is 0. The molecule has 1 unspecified atom stereocenters. The van der Waals surface area contributed by atoms with Crippen molar-refractivity contribution in [1.29, 1.82) is 0 Å². The first-order valence-electron chi connectivity index (χ1n) is 7.28. The van der Waals surface area contributed by atoms with Crippen LogP contribution in [0.3, 0.4) is 0 Å². The number of carbonyl (C=O) groups excluding carboxylic acids is 2. The molecule has 2 heterocycles. The van der Waals surface area contributed by atoms with Gasteiger partial charge in [-0.2, -0.15) is 0 Å². The zero-order chi connectivity index (χ0) is 15.2. The van der Waals surface area contributed by atoms with Crippen LogP contribution in [0.25, 0.3) is 0 Å². The summed E-state index contributed by atoms with van der Waals surface area (Å²) in [7, 11) is 1.35. The lowest BCUT2D eigenvalue weighted by molar-refractivity contribution is -0.116. The van der Waals surface area contributed by atoms with Gasteiger partial charge in [-0.15, -0.1) is 11.3 Å². The summed E-state index contributed by atoms with van der Waals surface area (Å²) in [4.78, 5) is 24.2. The molecule has 1 aromatic heterocycles. The van der Waals surface area contributed by atoms with Crippen molar-refractivity contribution in [2.24, 2.45) is 5.92 Å². The van der Waals surface area contributed by atoms with Crippen LogP contribution in [-0.2, 0) is 9.53 Å². The number of methoxy groups -OCH3 is 1. The molecule has 1 saturated heterocycles. The predicted octanol–water partition coefficient (Wildman–Crippen LogP) is 2.56. The van der Waals surface area contributed by atoms with Crippen molar-refractivity contribution in [1.82, 2.24) is 5.32 Å². The van der Waals surface area contributed by atoms with Crippen LogP contribution < -0.4 is 10.6 Å². The van der Waals surface area contributed by atoms with Crippen molar-refractivity contribution in [3.63, 3.8) is 0 Å². The standard InChI is InChI=1S/C15H22N2O3S/c1-10-9-21-14(15(19)20-2)13(10)17-12(18)6-5-11-4-3-7-16-8-11/h9,11,16H,3-8H2,1-2H3,(H,17,18). The van der Waals surface area contributed by atoms with E-state index in [0.717, 1.165) is 25.1 Å². The summed E-state index contributed by atoms with van der Waals surface area (Å²) >= 11 is 1.30. The van der Waals surface area contributed by atoms with E-state index in [1.54, 1.807) is 0 Å². The average Bonchev–Trinajstić information content (AvgIpc) is 2.86. The Bertz CT molecular complexity index is 507. The minimum Gasteiger partial charge on any atom is -0.465 e. The summed E-state index contributed by atoms with van der Waals surface area (Å²) in [5.41, 5.74) is 1.49. The molecule has 6 heteroatoms. The summed E-state index contributed by atoms with van der Waals surface area (Å²) in [5.74, 6) is 0.139. The van der Waals surface area contributed by atoms with Gasteiger partial charge in [0.15, 0.2) is 0 Å². The molecule has 1 atom stereocenters. The lowest BCUT2D eigenvalue weighted by atomic mass is 9.94. The summed E-state index contributed by atoms with van der Waals surface area (Å²) in [5, 5.41) is 8.07. The van der Waals surface area contributed by atoms with Gasteiger partial charge < -0.3 is 15.4 Å². The Balaban J connectivity index is 1.90. The first-order valence-corrected chi connectivity index (χ1v) is 8.16. The van der Waals surface area contributed by atoms with Gasteiger partial charge in [-0.3, -0.25) is 4.79 Å². The van der Waals surface area contributed by atoms with E-state index in [1.807, 2.05) is 12.3 Å². The van der Waals surface area contributed by atoms with E-state index >= 15 is 0 Å². The van der Waals surface area contributed by atoms with Gasteiger partial charge in [0.1, 0.15) is 4.88 Å². The predicted molar refractivity (Wildman–Crippen MR) is 83.9 cm³/mol. The zero-order valence-electron chi connectivity index (χ0n) is 12.5. The summed E-state index contributed by atoms with van der Waals surface area (Å²) in [6.07, 6.45) is 3.74. The number of nitrogens with one attached hydrogen (secondary N) is 2. The SMILES string of the molecule is COC(=O)c1scc(C)c1NC(=O)CCC1CCCNC1. The number of thiophene rings is 1. The minimum absolute atomic E-state index is 0.0350. The highest BCUT2D eigenvalue weighted by Crippen LogP contribution is 2.28. The van der Waals surface area contributed by atoms with E-state index in [2.05, 4.69) is 10.6 Å². The van der Waals surface area contributed by atoms with Crippen molar-refractivity contribution in [3.8, 4) is 0 Å². The fourth-order valence-electron chi connectivity index (χ4n) is 2.55. The number of anilines is 1. The van der Waals surface area contributed by atoms with Crippen LogP contribution in [-0.4, -0.2) is 32.1 Å². The molecule has 0 aliphatic carbocycles. The number of carbonyl (C=O) groups is 2. The topological polar surface area (TPSA) is 67.4 Å². The highest BCUT2D eigenvalue weighted by Gasteiger charge is 2.19. The van der Waals surface area contributed by atoms with Crippen molar-refractivity contribution in [2.75, 3.05) is 25.5 Å². The van der Waals surface area contributed by atoms with Crippen LogP contribution in [0.1, 0.15) is 40.9 Å². The van der Waals surface area contributed by atoms with Gasteiger partial charge in [0.25, 0.3) is 0 Å². The second kappa shape index (κ2) is 7.56. The molecule has 5 nitrogen and oxygen atoms in total. The Morgan fingerprint density at radius 2 is 2.33 bits per heavy atom. The summed E-state index contributed by atoms with van der Waals surface area (Å²) < 4.78 is 4.74. The van der Waals surface area contributed by atoms with Crippen LogP contribution >= 0.6 is 11.3 Å². The van der Waals surface area contributed by atoms with Crippen LogP contribution in [0.15, 0.2) is 5.38 Å². The monoisotopic (exact) mass is 310 g/mol. The number of rotatable bonds is 5. The first kappa shape index (κ1) is 16.0. The molecule has 0 bridgehead atoms. The molecule has 1 fully saturated rings. The van der Waals surface area contributed by atoms with Gasteiger partial charge in [0.05, 0.1) is 12.8 Å². The van der Waals surface area contributed by atoms with Gasteiger partial charge >= 0.3 is 5.97 Å². The Kier molecular flexibility index (Phi) is 5.76. The third-order valence-corrected chi connectivity index (χ3v) is 4.87. The molecule has 2 N–H and O–H groups in total. The quantitative estimate of drug-likeness (QED) is 0.820. The van der Waals surface area contributed by atoms with E-state index in [1.165, 1.54) is 31.3 Å². The maximum atomic E-state index is 12.1. The van der Waals surface area contributed by atoms with E-state index in [0.29, 0.717) is 22.9 Å². The van der Waals surface area contributed by atoms with E-state index < -0.39 is 5.97 Å². The number of hydrogen-bond donors (Lipinski definition) is 2. The van der Waals surface area contributed by atoms with Crippen LogP contribution in [0.4, 0.5) is 5.69 Å².